The number of fused-ring (bicyclic) bond motifs is 2. The predicted molar refractivity (Wildman–Crippen MR) is 101 cm³/mol. The van der Waals surface area contributed by atoms with E-state index in [0.717, 1.165) is 22.1 Å². The minimum Gasteiger partial charge on any atom is -0.480 e. The largest absolute Gasteiger partial charge is 0.480 e. The normalized spacial score (nSPS) is 14.5. The number of aliphatic carboxylic acids is 1. The quantitative estimate of drug-likeness (QED) is 0.766. The van der Waals surface area contributed by atoms with Crippen molar-refractivity contribution in [3.05, 3.63) is 71.8 Å². The molecule has 3 aromatic rings. The lowest BCUT2D eigenvalue weighted by Crippen LogP contribution is -2.40. The number of hydrogen-bond donors (Lipinski definition) is 1. The summed E-state index contributed by atoms with van der Waals surface area (Å²) in [5.74, 6) is -1.15. The Kier molecular flexibility index (Phi) is 3.96. The monoisotopic (exact) mass is 345 g/mol. The minimum absolute atomic E-state index is 0.197. The molecule has 4 nitrogen and oxygen atoms in total. The van der Waals surface area contributed by atoms with E-state index < -0.39 is 12.0 Å². The fourth-order valence-corrected chi connectivity index (χ4v) is 3.65. The molecule has 0 radical (unpaired) electrons. The summed E-state index contributed by atoms with van der Waals surface area (Å²) in [6.07, 6.45) is 0.395. The van der Waals surface area contributed by atoms with Gasteiger partial charge < -0.3 is 10.0 Å². The Balaban J connectivity index is 1.71. The third-order valence-electron chi connectivity index (χ3n) is 5.07. The van der Waals surface area contributed by atoms with Gasteiger partial charge in [0.15, 0.2) is 0 Å². The maximum Gasteiger partial charge on any atom is 0.326 e. The fraction of sp³-hybridized carbons (Fsp3) is 0.182. The highest BCUT2D eigenvalue weighted by Gasteiger charge is 2.35. The number of carbonyl (C=O) groups excluding carboxylic acids is 1. The van der Waals surface area contributed by atoms with Crippen LogP contribution in [0.1, 0.15) is 29.3 Å². The zero-order valence-electron chi connectivity index (χ0n) is 14.5. The second-order valence-corrected chi connectivity index (χ2v) is 6.63. The number of carbonyl (C=O) groups is 2. The lowest BCUT2D eigenvalue weighted by molar-refractivity contribution is -0.142. The van der Waals surface area contributed by atoms with Crippen LogP contribution in [0.5, 0.6) is 0 Å². The standard InChI is InChI=1S/C22H19NO3/c1-2-20(22(25)26)23-13-18-10-9-17(12-19(18)21(23)24)16-8-7-14-5-3-4-6-15(14)11-16/h3-12,20H,2,13H2,1H3,(H,25,26). The number of benzene rings is 3. The maximum atomic E-state index is 12.8. The summed E-state index contributed by atoms with van der Waals surface area (Å²) in [4.78, 5) is 25.6. The molecule has 0 saturated heterocycles. The molecule has 0 saturated carbocycles. The van der Waals surface area contributed by atoms with Gasteiger partial charge in [0.25, 0.3) is 5.91 Å². The van der Waals surface area contributed by atoms with E-state index in [9.17, 15) is 14.7 Å². The van der Waals surface area contributed by atoms with Crippen LogP contribution in [0.3, 0.4) is 0 Å². The number of carboxylic acids is 1. The molecule has 0 bridgehead atoms. The molecule has 0 aliphatic carbocycles. The summed E-state index contributed by atoms with van der Waals surface area (Å²) in [6, 6.07) is 19.4. The fourth-order valence-electron chi connectivity index (χ4n) is 3.65. The molecule has 1 aliphatic rings. The summed E-state index contributed by atoms with van der Waals surface area (Å²) in [6.45, 7) is 2.15. The van der Waals surface area contributed by atoms with Crippen LogP contribution in [0.15, 0.2) is 60.7 Å². The van der Waals surface area contributed by atoms with Crippen molar-refractivity contribution in [1.82, 2.24) is 4.90 Å². The summed E-state index contributed by atoms with van der Waals surface area (Å²) in [7, 11) is 0. The van der Waals surface area contributed by atoms with E-state index in [-0.39, 0.29) is 5.91 Å². The van der Waals surface area contributed by atoms with E-state index >= 15 is 0 Å². The predicted octanol–water partition coefficient (Wildman–Crippen LogP) is 4.33. The van der Waals surface area contributed by atoms with Crippen molar-refractivity contribution in [1.29, 1.82) is 0 Å². The van der Waals surface area contributed by atoms with Crippen molar-refractivity contribution < 1.29 is 14.7 Å². The summed E-state index contributed by atoms with van der Waals surface area (Å²) < 4.78 is 0. The van der Waals surface area contributed by atoms with Crippen molar-refractivity contribution in [2.45, 2.75) is 25.9 Å². The van der Waals surface area contributed by atoms with Crippen LogP contribution in [0, 0.1) is 0 Å². The second-order valence-electron chi connectivity index (χ2n) is 6.63. The third kappa shape index (κ3) is 2.64. The first-order valence-corrected chi connectivity index (χ1v) is 8.74. The van der Waals surface area contributed by atoms with Crippen LogP contribution in [-0.4, -0.2) is 27.9 Å². The van der Waals surface area contributed by atoms with Gasteiger partial charge in [0.2, 0.25) is 0 Å². The maximum absolute atomic E-state index is 12.8. The smallest absolute Gasteiger partial charge is 0.326 e. The number of carboxylic acid groups (broad SMARTS) is 1. The molecule has 1 N–H and O–H groups in total. The van der Waals surface area contributed by atoms with Gasteiger partial charge in [-0.2, -0.15) is 0 Å². The van der Waals surface area contributed by atoms with E-state index in [1.54, 1.807) is 6.92 Å². The van der Waals surface area contributed by atoms with Gasteiger partial charge in [-0.15, -0.1) is 0 Å². The molecule has 3 aromatic carbocycles. The lowest BCUT2D eigenvalue weighted by Gasteiger charge is -2.22. The van der Waals surface area contributed by atoms with Crippen LogP contribution >= 0.6 is 0 Å². The van der Waals surface area contributed by atoms with Gasteiger partial charge in [-0.3, -0.25) is 4.79 Å². The van der Waals surface area contributed by atoms with Gasteiger partial charge in [-0.1, -0.05) is 55.5 Å². The van der Waals surface area contributed by atoms with Crippen molar-refractivity contribution in [2.24, 2.45) is 0 Å². The summed E-state index contributed by atoms with van der Waals surface area (Å²) in [5, 5.41) is 11.7. The van der Waals surface area contributed by atoms with E-state index in [4.69, 9.17) is 0 Å². The van der Waals surface area contributed by atoms with Crippen LogP contribution in [-0.2, 0) is 11.3 Å². The minimum atomic E-state index is -0.955. The van der Waals surface area contributed by atoms with Crippen LogP contribution in [0.25, 0.3) is 21.9 Å². The number of nitrogens with zero attached hydrogens (tertiary/aromatic N) is 1. The molecular formula is C22H19NO3. The van der Waals surface area contributed by atoms with Gasteiger partial charge in [-0.05, 0) is 46.0 Å². The van der Waals surface area contributed by atoms with Crippen LogP contribution in [0.4, 0.5) is 0 Å². The lowest BCUT2D eigenvalue weighted by atomic mass is 9.98. The molecule has 1 heterocycles. The molecule has 1 unspecified atom stereocenters. The molecule has 4 heteroatoms. The Bertz CT molecular complexity index is 1020. The molecule has 0 aromatic heterocycles. The van der Waals surface area contributed by atoms with E-state index in [1.807, 2.05) is 36.4 Å². The highest BCUT2D eigenvalue weighted by Crippen LogP contribution is 2.31. The Morgan fingerprint density at radius 3 is 2.46 bits per heavy atom. The molecule has 0 spiro atoms. The Morgan fingerprint density at radius 2 is 1.73 bits per heavy atom. The summed E-state index contributed by atoms with van der Waals surface area (Å²) >= 11 is 0. The molecule has 1 aliphatic heterocycles. The Hall–Kier alpha value is -3.14. The zero-order chi connectivity index (χ0) is 18.3. The van der Waals surface area contributed by atoms with Crippen molar-refractivity contribution in [3.8, 4) is 11.1 Å². The Labute approximate surface area is 151 Å². The first-order valence-electron chi connectivity index (χ1n) is 8.74. The van der Waals surface area contributed by atoms with Gasteiger partial charge in [0.1, 0.15) is 6.04 Å². The van der Waals surface area contributed by atoms with Crippen molar-refractivity contribution >= 4 is 22.6 Å². The first-order chi connectivity index (χ1) is 12.6. The van der Waals surface area contributed by atoms with Gasteiger partial charge >= 0.3 is 5.97 Å². The Morgan fingerprint density at radius 1 is 1.04 bits per heavy atom. The topological polar surface area (TPSA) is 57.6 Å². The molecule has 4 rings (SSSR count). The van der Waals surface area contributed by atoms with Crippen molar-refractivity contribution in [3.63, 3.8) is 0 Å². The first kappa shape index (κ1) is 16.3. The van der Waals surface area contributed by atoms with E-state index in [1.165, 1.54) is 10.3 Å². The molecule has 1 atom stereocenters. The third-order valence-corrected chi connectivity index (χ3v) is 5.07. The second kappa shape index (κ2) is 6.30. The molecule has 0 fully saturated rings. The van der Waals surface area contributed by atoms with Gasteiger partial charge in [-0.25, -0.2) is 4.79 Å². The van der Waals surface area contributed by atoms with Gasteiger partial charge in [0.05, 0.1) is 0 Å². The van der Waals surface area contributed by atoms with E-state index in [2.05, 4.69) is 24.3 Å². The average molecular weight is 345 g/mol. The van der Waals surface area contributed by atoms with Crippen molar-refractivity contribution in [2.75, 3.05) is 0 Å². The highest BCUT2D eigenvalue weighted by atomic mass is 16.4. The molecular weight excluding hydrogens is 326 g/mol. The zero-order valence-corrected chi connectivity index (χ0v) is 14.5. The number of hydrogen-bond acceptors (Lipinski definition) is 2. The number of amides is 1. The average Bonchev–Trinajstić information content (AvgIpc) is 2.98. The SMILES string of the molecule is CCC(C(=O)O)N1Cc2ccc(-c3ccc4ccccc4c3)cc2C1=O. The van der Waals surface area contributed by atoms with Gasteiger partial charge in [0, 0.05) is 12.1 Å². The summed E-state index contributed by atoms with van der Waals surface area (Å²) in [5.41, 5.74) is 3.51. The van der Waals surface area contributed by atoms with Crippen LogP contribution < -0.4 is 0 Å². The number of rotatable bonds is 4. The molecule has 26 heavy (non-hydrogen) atoms. The van der Waals surface area contributed by atoms with Crippen LogP contribution in [0.2, 0.25) is 0 Å². The highest BCUT2D eigenvalue weighted by molar-refractivity contribution is 6.01. The molecule has 130 valence electrons. The molecule has 1 amide bonds. The van der Waals surface area contributed by atoms with E-state index in [0.29, 0.717) is 18.5 Å².